The van der Waals surface area contributed by atoms with Crippen LogP contribution in [0.25, 0.3) is 0 Å². The topological polar surface area (TPSA) is 38.5 Å². The van der Waals surface area contributed by atoms with E-state index in [2.05, 4.69) is 44.9 Å². The van der Waals surface area contributed by atoms with E-state index in [-0.39, 0.29) is 12.1 Å². The van der Waals surface area contributed by atoms with Gasteiger partial charge in [0.25, 0.3) is 0 Å². The van der Waals surface area contributed by atoms with Crippen LogP contribution >= 0.6 is 0 Å². The van der Waals surface area contributed by atoms with Gasteiger partial charge in [-0.1, -0.05) is 32.9 Å². The minimum Gasteiger partial charge on any atom is -0.497 e. The molecule has 0 aliphatic rings. The van der Waals surface area contributed by atoms with Gasteiger partial charge in [-0.05, 0) is 50.0 Å². The molecule has 1 aromatic carbocycles. The standard InChI is InChI=1S/C17H30N2O/c1-6-16(18)17(19(4)11-10-13(2)3)14-8-7-9-15(12-14)20-5/h7-9,12-13,16-17H,6,10-11,18H2,1-5H3. The van der Waals surface area contributed by atoms with Gasteiger partial charge in [0.05, 0.1) is 7.11 Å². The molecule has 114 valence electrons. The van der Waals surface area contributed by atoms with Gasteiger partial charge in [0.2, 0.25) is 0 Å². The molecule has 0 radical (unpaired) electrons. The Labute approximate surface area is 124 Å². The van der Waals surface area contributed by atoms with Crippen molar-refractivity contribution in [2.24, 2.45) is 11.7 Å². The molecular formula is C17H30N2O. The molecule has 0 aliphatic carbocycles. The van der Waals surface area contributed by atoms with Crippen LogP contribution in [0.2, 0.25) is 0 Å². The van der Waals surface area contributed by atoms with Crippen LogP contribution in [0.4, 0.5) is 0 Å². The van der Waals surface area contributed by atoms with Crippen molar-refractivity contribution in [3.63, 3.8) is 0 Å². The Balaban J connectivity index is 2.92. The fraction of sp³-hybridized carbons (Fsp3) is 0.647. The number of hydrogen-bond acceptors (Lipinski definition) is 3. The summed E-state index contributed by atoms with van der Waals surface area (Å²) in [5, 5.41) is 0. The molecule has 0 spiro atoms. The van der Waals surface area contributed by atoms with Crippen molar-refractivity contribution in [2.45, 2.75) is 45.7 Å². The Morgan fingerprint density at radius 3 is 2.55 bits per heavy atom. The van der Waals surface area contributed by atoms with Gasteiger partial charge in [0, 0.05) is 12.1 Å². The first-order chi connectivity index (χ1) is 9.49. The lowest BCUT2D eigenvalue weighted by molar-refractivity contribution is 0.199. The number of nitrogens with two attached hydrogens (primary N) is 1. The normalized spacial score (nSPS) is 14.6. The van der Waals surface area contributed by atoms with Crippen molar-refractivity contribution in [3.8, 4) is 5.75 Å². The maximum absolute atomic E-state index is 6.37. The van der Waals surface area contributed by atoms with Crippen LogP contribution in [0.15, 0.2) is 24.3 Å². The second kappa shape index (κ2) is 8.28. The molecule has 20 heavy (non-hydrogen) atoms. The maximum atomic E-state index is 6.37. The average molecular weight is 278 g/mol. The summed E-state index contributed by atoms with van der Waals surface area (Å²) in [6, 6.07) is 8.65. The summed E-state index contributed by atoms with van der Waals surface area (Å²) in [6.45, 7) is 7.73. The average Bonchev–Trinajstić information content (AvgIpc) is 2.45. The predicted molar refractivity (Wildman–Crippen MR) is 86.1 cm³/mol. The quantitative estimate of drug-likeness (QED) is 0.791. The summed E-state index contributed by atoms with van der Waals surface area (Å²) in [5.41, 5.74) is 7.61. The SMILES string of the molecule is CCC(N)C(c1cccc(OC)c1)N(C)CCC(C)C. The van der Waals surface area contributed by atoms with E-state index in [9.17, 15) is 0 Å². The molecule has 2 atom stereocenters. The third-order valence-corrected chi connectivity index (χ3v) is 3.85. The van der Waals surface area contributed by atoms with Crippen LogP contribution in [0.3, 0.4) is 0 Å². The summed E-state index contributed by atoms with van der Waals surface area (Å²) in [5.74, 6) is 1.61. The highest BCUT2D eigenvalue weighted by Crippen LogP contribution is 2.27. The molecule has 2 unspecified atom stereocenters. The Hall–Kier alpha value is -1.06. The first kappa shape index (κ1) is 17.0. The molecule has 0 bridgehead atoms. The molecule has 1 aromatic rings. The largest absolute Gasteiger partial charge is 0.497 e. The first-order valence-electron chi connectivity index (χ1n) is 7.59. The van der Waals surface area contributed by atoms with E-state index < -0.39 is 0 Å². The highest BCUT2D eigenvalue weighted by molar-refractivity contribution is 5.31. The fourth-order valence-corrected chi connectivity index (χ4v) is 2.48. The van der Waals surface area contributed by atoms with Crippen LogP contribution < -0.4 is 10.5 Å². The third kappa shape index (κ3) is 4.80. The van der Waals surface area contributed by atoms with Crippen LogP contribution in [0.1, 0.15) is 45.2 Å². The van der Waals surface area contributed by atoms with Crippen LogP contribution in [-0.4, -0.2) is 31.6 Å². The zero-order valence-electron chi connectivity index (χ0n) is 13.6. The summed E-state index contributed by atoms with van der Waals surface area (Å²) < 4.78 is 5.34. The van der Waals surface area contributed by atoms with Gasteiger partial charge in [0.15, 0.2) is 0 Å². The predicted octanol–water partition coefficient (Wildman–Crippen LogP) is 3.45. The molecule has 0 saturated heterocycles. The molecular weight excluding hydrogens is 248 g/mol. The van der Waals surface area contributed by atoms with Gasteiger partial charge in [-0.15, -0.1) is 0 Å². The number of likely N-dealkylation sites (N-methyl/N-ethyl adjacent to an activating group) is 1. The molecule has 0 aromatic heterocycles. The van der Waals surface area contributed by atoms with E-state index in [1.54, 1.807) is 7.11 Å². The van der Waals surface area contributed by atoms with Gasteiger partial charge < -0.3 is 10.5 Å². The number of methoxy groups -OCH3 is 1. The summed E-state index contributed by atoms with van der Waals surface area (Å²) in [6.07, 6.45) is 2.15. The molecule has 2 N–H and O–H groups in total. The van der Waals surface area contributed by atoms with E-state index in [1.807, 2.05) is 12.1 Å². The molecule has 1 rings (SSSR count). The van der Waals surface area contributed by atoms with E-state index in [1.165, 1.54) is 12.0 Å². The van der Waals surface area contributed by atoms with E-state index in [0.29, 0.717) is 5.92 Å². The van der Waals surface area contributed by atoms with Crippen molar-refractivity contribution in [1.29, 1.82) is 0 Å². The lowest BCUT2D eigenvalue weighted by Crippen LogP contribution is -2.39. The van der Waals surface area contributed by atoms with E-state index in [4.69, 9.17) is 10.5 Å². The number of nitrogens with zero attached hydrogens (tertiary/aromatic N) is 1. The summed E-state index contributed by atoms with van der Waals surface area (Å²) in [7, 11) is 3.87. The van der Waals surface area contributed by atoms with Crippen LogP contribution in [0.5, 0.6) is 5.75 Å². The monoisotopic (exact) mass is 278 g/mol. The Kier molecular flexibility index (Phi) is 7.03. The van der Waals surface area contributed by atoms with E-state index >= 15 is 0 Å². The Morgan fingerprint density at radius 1 is 1.30 bits per heavy atom. The van der Waals surface area contributed by atoms with Gasteiger partial charge in [-0.2, -0.15) is 0 Å². The smallest absolute Gasteiger partial charge is 0.119 e. The molecule has 0 amide bonds. The molecule has 0 heterocycles. The number of hydrogen-bond donors (Lipinski definition) is 1. The van der Waals surface area contributed by atoms with E-state index in [0.717, 1.165) is 18.7 Å². The van der Waals surface area contributed by atoms with Crippen molar-refractivity contribution in [1.82, 2.24) is 4.90 Å². The van der Waals surface area contributed by atoms with Gasteiger partial charge in [-0.3, -0.25) is 4.90 Å². The molecule has 3 heteroatoms. The minimum atomic E-state index is 0.138. The molecule has 0 saturated carbocycles. The Bertz CT molecular complexity index is 392. The Morgan fingerprint density at radius 2 is 2.00 bits per heavy atom. The van der Waals surface area contributed by atoms with Crippen molar-refractivity contribution in [3.05, 3.63) is 29.8 Å². The fourth-order valence-electron chi connectivity index (χ4n) is 2.48. The lowest BCUT2D eigenvalue weighted by Gasteiger charge is -2.33. The zero-order chi connectivity index (χ0) is 15.1. The van der Waals surface area contributed by atoms with Gasteiger partial charge in [-0.25, -0.2) is 0 Å². The second-order valence-corrected chi connectivity index (χ2v) is 5.96. The molecule has 3 nitrogen and oxygen atoms in total. The highest BCUT2D eigenvalue weighted by Gasteiger charge is 2.23. The highest BCUT2D eigenvalue weighted by atomic mass is 16.5. The lowest BCUT2D eigenvalue weighted by atomic mass is 9.96. The number of ether oxygens (including phenoxy) is 1. The first-order valence-corrected chi connectivity index (χ1v) is 7.59. The number of benzene rings is 1. The van der Waals surface area contributed by atoms with Crippen molar-refractivity contribution in [2.75, 3.05) is 20.7 Å². The summed E-state index contributed by atoms with van der Waals surface area (Å²) >= 11 is 0. The summed E-state index contributed by atoms with van der Waals surface area (Å²) in [4.78, 5) is 2.38. The van der Waals surface area contributed by atoms with Crippen LogP contribution in [-0.2, 0) is 0 Å². The van der Waals surface area contributed by atoms with Crippen LogP contribution in [0, 0.1) is 5.92 Å². The molecule has 0 aliphatic heterocycles. The van der Waals surface area contributed by atoms with Crippen molar-refractivity contribution >= 4 is 0 Å². The van der Waals surface area contributed by atoms with Gasteiger partial charge in [0.1, 0.15) is 5.75 Å². The zero-order valence-corrected chi connectivity index (χ0v) is 13.6. The molecule has 0 fully saturated rings. The third-order valence-electron chi connectivity index (χ3n) is 3.85. The van der Waals surface area contributed by atoms with Gasteiger partial charge >= 0.3 is 0 Å². The van der Waals surface area contributed by atoms with Crippen molar-refractivity contribution < 1.29 is 4.74 Å². The maximum Gasteiger partial charge on any atom is 0.119 e. The number of rotatable bonds is 8. The second-order valence-electron chi connectivity index (χ2n) is 5.96. The minimum absolute atomic E-state index is 0.138.